The Labute approximate surface area is 228 Å². The first kappa shape index (κ1) is 29.2. The minimum Gasteiger partial charge on any atom is -0.459 e. The summed E-state index contributed by atoms with van der Waals surface area (Å²) in [5.74, 6) is -0.163. The number of esters is 2. The average molecular weight is 515 g/mol. The van der Waals surface area contributed by atoms with Gasteiger partial charge in [-0.15, -0.1) is 0 Å². The first-order valence-electron chi connectivity index (χ1n) is 14.2. The minimum absolute atomic E-state index is 0.104. The molecule has 0 saturated carbocycles. The molecule has 0 aliphatic rings. The Hall–Kier alpha value is -3.40. The van der Waals surface area contributed by atoms with Crippen LogP contribution < -0.4 is 4.74 Å². The van der Waals surface area contributed by atoms with E-state index in [1.807, 2.05) is 49.4 Å². The summed E-state index contributed by atoms with van der Waals surface area (Å²) in [4.78, 5) is 25.5. The maximum atomic E-state index is 12.9. The zero-order chi connectivity index (χ0) is 27.2. The zero-order valence-electron chi connectivity index (χ0n) is 23.2. The molecule has 0 heterocycles. The molecule has 4 heteroatoms. The van der Waals surface area contributed by atoms with Crippen LogP contribution in [0, 0.1) is 0 Å². The second-order valence-corrected chi connectivity index (χ2v) is 10.0. The van der Waals surface area contributed by atoms with Crippen LogP contribution in [0.15, 0.2) is 72.8 Å². The van der Waals surface area contributed by atoms with Crippen LogP contribution in [0.5, 0.6) is 5.75 Å². The van der Waals surface area contributed by atoms with Gasteiger partial charge in [-0.25, -0.2) is 9.59 Å². The third-order valence-electron chi connectivity index (χ3n) is 6.78. The molecule has 1 unspecified atom stereocenters. The van der Waals surface area contributed by atoms with Crippen molar-refractivity contribution in [1.29, 1.82) is 0 Å². The summed E-state index contributed by atoms with van der Waals surface area (Å²) < 4.78 is 11.6. The lowest BCUT2D eigenvalue weighted by molar-refractivity contribution is 0.0319. The Morgan fingerprint density at radius 1 is 0.711 bits per heavy atom. The number of ether oxygens (including phenoxy) is 2. The van der Waals surface area contributed by atoms with E-state index in [4.69, 9.17) is 9.47 Å². The second-order valence-electron chi connectivity index (χ2n) is 10.0. The van der Waals surface area contributed by atoms with Crippen LogP contribution in [0.4, 0.5) is 0 Å². The molecule has 0 saturated heterocycles. The Kier molecular flexibility index (Phi) is 12.1. The molecule has 0 aliphatic heterocycles. The van der Waals surface area contributed by atoms with Gasteiger partial charge in [-0.05, 0) is 74.1 Å². The molecule has 4 nitrogen and oxygen atoms in total. The predicted molar refractivity (Wildman–Crippen MR) is 155 cm³/mol. The molecule has 3 aromatic carbocycles. The summed E-state index contributed by atoms with van der Waals surface area (Å²) in [5.41, 5.74) is 3.87. The number of carbonyl (C=O) groups excluding carboxylic acids is 2. The van der Waals surface area contributed by atoms with Gasteiger partial charge in [0.05, 0.1) is 17.2 Å². The van der Waals surface area contributed by atoms with Crippen LogP contribution in [0.25, 0.3) is 11.1 Å². The van der Waals surface area contributed by atoms with Gasteiger partial charge in [0.25, 0.3) is 0 Å². The van der Waals surface area contributed by atoms with E-state index in [-0.39, 0.29) is 18.0 Å². The molecule has 202 valence electrons. The van der Waals surface area contributed by atoms with Crippen molar-refractivity contribution >= 4 is 11.9 Å². The van der Waals surface area contributed by atoms with Gasteiger partial charge in [-0.3, -0.25) is 0 Å². The van der Waals surface area contributed by atoms with E-state index in [0.29, 0.717) is 16.9 Å². The summed E-state index contributed by atoms with van der Waals surface area (Å²) in [6.45, 7) is 6.35. The Bertz CT molecular complexity index is 1130. The summed E-state index contributed by atoms with van der Waals surface area (Å²) in [7, 11) is 0. The second kappa shape index (κ2) is 15.8. The number of unbranched alkanes of at least 4 members (excludes halogenated alkanes) is 6. The van der Waals surface area contributed by atoms with Crippen molar-refractivity contribution in [3.8, 4) is 16.9 Å². The van der Waals surface area contributed by atoms with E-state index in [0.717, 1.165) is 42.4 Å². The lowest BCUT2D eigenvalue weighted by Crippen LogP contribution is -2.15. The van der Waals surface area contributed by atoms with Crippen LogP contribution in [-0.2, 0) is 11.2 Å². The van der Waals surface area contributed by atoms with Gasteiger partial charge < -0.3 is 9.47 Å². The van der Waals surface area contributed by atoms with Crippen LogP contribution in [0.1, 0.15) is 105 Å². The fourth-order valence-corrected chi connectivity index (χ4v) is 4.49. The molecule has 0 spiro atoms. The highest BCUT2D eigenvalue weighted by molar-refractivity contribution is 5.93. The van der Waals surface area contributed by atoms with Crippen molar-refractivity contribution in [3.05, 3.63) is 89.5 Å². The zero-order valence-corrected chi connectivity index (χ0v) is 23.2. The Morgan fingerprint density at radius 3 is 2.05 bits per heavy atom. The summed E-state index contributed by atoms with van der Waals surface area (Å²) in [6, 6.07) is 22.4. The summed E-state index contributed by atoms with van der Waals surface area (Å²) in [5, 5.41) is 0. The van der Waals surface area contributed by atoms with Gasteiger partial charge in [-0.1, -0.05) is 94.8 Å². The first-order valence-corrected chi connectivity index (χ1v) is 14.2. The minimum atomic E-state index is -0.386. The predicted octanol–water partition coefficient (Wildman–Crippen LogP) is 9.21. The topological polar surface area (TPSA) is 52.6 Å². The van der Waals surface area contributed by atoms with Crippen molar-refractivity contribution in [2.45, 2.75) is 91.1 Å². The smallest absolute Gasteiger partial charge is 0.343 e. The third kappa shape index (κ3) is 9.16. The molecule has 0 amide bonds. The average Bonchev–Trinajstić information content (AvgIpc) is 2.94. The molecule has 38 heavy (non-hydrogen) atoms. The van der Waals surface area contributed by atoms with Gasteiger partial charge in [0.2, 0.25) is 0 Å². The Morgan fingerprint density at radius 2 is 1.37 bits per heavy atom. The fraction of sp³-hybridized carbons (Fsp3) is 0.412. The largest absolute Gasteiger partial charge is 0.459 e. The number of carbonyl (C=O) groups is 2. The monoisotopic (exact) mass is 514 g/mol. The maximum Gasteiger partial charge on any atom is 0.343 e. The lowest BCUT2D eigenvalue weighted by Gasteiger charge is -2.15. The van der Waals surface area contributed by atoms with E-state index in [2.05, 4.69) is 19.9 Å². The number of aryl methyl sites for hydroxylation is 1. The fourth-order valence-electron chi connectivity index (χ4n) is 4.49. The van der Waals surface area contributed by atoms with E-state index in [9.17, 15) is 9.59 Å². The Balaban J connectivity index is 1.75. The third-order valence-corrected chi connectivity index (χ3v) is 6.78. The molecule has 0 fully saturated rings. The van der Waals surface area contributed by atoms with Gasteiger partial charge in [-0.2, -0.15) is 0 Å². The van der Waals surface area contributed by atoms with Gasteiger partial charge in [0.1, 0.15) is 5.75 Å². The van der Waals surface area contributed by atoms with Crippen molar-refractivity contribution in [2.75, 3.05) is 0 Å². The molecule has 3 rings (SSSR count). The highest BCUT2D eigenvalue weighted by Gasteiger charge is 2.16. The van der Waals surface area contributed by atoms with Crippen LogP contribution in [-0.4, -0.2) is 18.0 Å². The number of benzene rings is 3. The number of rotatable bonds is 15. The normalized spacial score (nSPS) is 11.7. The van der Waals surface area contributed by atoms with Crippen molar-refractivity contribution in [1.82, 2.24) is 0 Å². The van der Waals surface area contributed by atoms with Gasteiger partial charge in [0, 0.05) is 5.56 Å². The molecular formula is C34H42O4. The molecule has 0 N–H and O–H groups in total. The van der Waals surface area contributed by atoms with Crippen molar-refractivity contribution in [3.63, 3.8) is 0 Å². The van der Waals surface area contributed by atoms with Crippen LogP contribution in [0.2, 0.25) is 0 Å². The quantitative estimate of drug-likeness (QED) is 0.115. The van der Waals surface area contributed by atoms with Crippen molar-refractivity contribution in [2.24, 2.45) is 0 Å². The first-order chi connectivity index (χ1) is 18.5. The molecule has 0 aromatic heterocycles. The van der Waals surface area contributed by atoms with E-state index in [1.165, 1.54) is 38.5 Å². The molecule has 1 atom stereocenters. The standard InChI is InChI=1S/C34H42O4/c1-4-6-8-11-15-26(3)37-33(35)30-22-20-28(21-23-30)31-24-19-27(16-12-9-7-5-2)25-32(31)38-34(36)29-17-13-10-14-18-29/h10,13-14,17-26H,4-9,11-12,15-16H2,1-3H3. The van der Waals surface area contributed by atoms with E-state index in [1.54, 1.807) is 24.3 Å². The SMILES string of the molecule is CCCCCCc1ccc(-c2ccc(C(=O)OC(C)CCCCCC)cc2)c(OC(=O)c2ccccc2)c1. The molecule has 3 aromatic rings. The summed E-state index contributed by atoms with van der Waals surface area (Å²) in [6.07, 6.45) is 11.1. The molecule has 0 aliphatic carbocycles. The van der Waals surface area contributed by atoms with E-state index < -0.39 is 0 Å². The van der Waals surface area contributed by atoms with Gasteiger partial charge >= 0.3 is 11.9 Å². The molecular weight excluding hydrogens is 472 g/mol. The summed E-state index contributed by atoms with van der Waals surface area (Å²) >= 11 is 0. The number of hydrogen-bond acceptors (Lipinski definition) is 4. The lowest BCUT2D eigenvalue weighted by atomic mass is 9.99. The van der Waals surface area contributed by atoms with Crippen molar-refractivity contribution < 1.29 is 19.1 Å². The highest BCUT2D eigenvalue weighted by Crippen LogP contribution is 2.33. The van der Waals surface area contributed by atoms with Gasteiger partial charge in [0.15, 0.2) is 0 Å². The number of hydrogen-bond donors (Lipinski definition) is 0. The van der Waals surface area contributed by atoms with E-state index >= 15 is 0 Å². The molecule has 0 radical (unpaired) electrons. The van der Waals surface area contributed by atoms with Crippen LogP contribution in [0.3, 0.4) is 0 Å². The molecule has 0 bridgehead atoms. The highest BCUT2D eigenvalue weighted by atomic mass is 16.5. The van der Waals surface area contributed by atoms with Crippen LogP contribution >= 0.6 is 0 Å². The maximum absolute atomic E-state index is 12.9.